The van der Waals surface area contributed by atoms with Crippen LogP contribution in [0.25, 0.3) is 11.1 Å². The second-order valence-corrected chi connectivity index (χ2v) is 9.76. The van der Waals surface area contributed by atoms with E-state index in [-0.39, 0.29) is 0 Å². The summed E-state index contributed by atoms with van der Waals surface area (Å²) >= 11 is 0. The summed E-state index contributed by atoms with van der Waals surface area (Å²) in [5.74, 6) is 0. The lowest BCUT2D eigenvalue weighted by molar-refractivity contribution is 0.269. The number of benzene rings is 2. The Morgan fingerprint density at radius 3 is 1.81 bits per heavy atom. The van der Waals surface area contributed by atoms with Gasteiger partial charge >= 0.3 is 0 Å². The Hall–Kier alpha value is -1.76. The molecule has 2 N–H and O–H groups in total. The summed E-state index contributed by atoms with van der Waals surface area (Å²) in [6.07, 6.45) is 2.51. The van der Waals surface area contributed by atoms with Crippen LogP contribution >= 0.6 is 0 Å². The van der Waals surface area contributed by atoms with Gasteiger partial charge in [0.15, 0.2) is 0 Å². The Bertz CT molecular complexity index is 850. The topological polar surface area (TPSA) is 39.0 Å². The molecule has 0 bridgehead atoms. The minimum Gasteiger partial charge on any atom is -0.326 e. The van der Waals surface area contributed by atoms with Crippen LogP contribution in [0.5, 0.6) is 0 Å². The average molecular weight is 436 g/mol. The van der Waals surface area contributed by atoms with Crippen LogP contribution in [0, 0.1) is 0 Å². The highest BCUT2D eigenvalue weighted by molar-refractivity contribution is 5.68. The Balaban J connectivity index is 1.41. The monoisotopic (exact) mass is 435 g/mol. The summed E-state index contributed by atoms with van der Waals surface area (Å²) in [6, 6.07) is 16.0. The molecule has 32 heavy (non-hydrogen) atoms. The molecule has 2 heterocycles. The van der Waals surface area contributed by atoms with Crippen LogP contribution in [0.15, 0.2) is 42.5 Å². The molecule has 0 atom stereocenters. The van der Waals surface area contributed by atoms with E-state index < -0.39 is 0 Å². The molecule has 2 fully saturated rings. The van der Waals surface area contributed by atoms with Gasteiger partial charge < -0.3 is 15.5 Å². The number of likely N-dealkylation sites (N-methyl/N-ethyl adjacent to an activating group) is 2. The van der Waals surface area contributed by atoms with Gasteiger partial charge in [-0.3, -0.25) is 9.80 Å². The summed E-state index contributed by atoms with van der Waals surface area (Å²) in [6.45, 7) is 12.0. The van der Waals surface area contributed by atoms with E-state index >= 15 is 0 Å². The lowest BCUT2D eigenvalue weighted by Gasteiger charge is -2.21. The van der Waals surface area contributed by atoms with E-state index in [4.69, 9.17) is 5.73 Å². The van der Waals surface area contributed by atoms with Gasteiger partial charge in [0.05, 0.1) is 0 Å². The zero-order valence-electron chi connectivity index (χ0n) is 20.1. The molecule has 0 saturated carbocycles. The number of hydrogen-bond acceptors (Lipinski definition) is 5. The molecule has 0 unspecified atom stereocenters. The molecule has 5 nitrogen and oxygen atoms in total. The van der Waals surface area contributed by atoms with Crippen LogP contribution in [0.2, 0.25) is 0 Å². The zero-order chi connectivity index (χ0) is 22.3. The van der Waals surface area contributed by atoms with Gasteiger partial charge in [-0.2, -0.15) is 0 Å². The van der Waals surface area contributed by atoms with Gasteiger partial charge in [-0.05, 0) is 80.9 Å². The number of nitrogens with two attached hydrogens (primary N) is 1. The van der Waals surface area contributed by atoms with E-state index in [0.29, 0.717) is 6.54 Å². The highest BCUT2D eigenvalue weighted by atomic mass is 15.2. The van der Waals surface area contributed by atoms with Gasteiger partial charge in [-0.1, -0.05) is 42.5 Å². The van der Waals surface area contributed by atoms with Crippen molar-refractivity contribution in [1.82, 2.24) is 19.6 Å². The van der Waals surface area contributed by atoms with E-state index in [1.807, 2.05) is 0 Å². The van der Waals surface area contributed by atoms with Crippen molar-refractivity contribution in [2.75, 3.05) is 66.5 Å². The van der Waals surface area contributed by atoms with Crippen molar-refractivity contribution >= 4 is 0 Å². The fourth-order valence-electron chi connectivity index (χ4n) is 5.02. The molecule has 4 rings (SSSR count). The highest BCUT2D eigenvalue weighted by Crippen LogP contribution is 2.26. The van der Waals surface area contributed by atoms with Crippen LogP contribution in [0.3, 0.4) is 0 Å². The van der Waals surface area contributed by atoms with Crippen molar-refractivity contribution in [3.05, 3.63) is 59.2 Å². The second kappa shape index (κ2) is 11.4. The summed E-state index contributed by atoms with van der Waals surface area (Å²) in [7, 11) is 4.45. The Morgan fingerprint density at radius 1 is 0.656 bits per heavy atom. The SMILES string of the molecule is CN1CCCN(Cc2ccc(-c3ccc(CN4CCCN(C)CC4)cc3CN)cc2)CC1. The first-order chi connectivity index (χ1) is 15.6. The number of nitrogens with zero attached hydrogens (tertiary/aromatic N) is 4. The quantitative estimate of drug-likeness (QED) is 0.755. The summed E-state index contributed by atoms with van der Waals surface area (Å²) in [4.78, 5) is 10.0. The Kier molecular flexibility index (Phi) is 8.33. The number of rotatable bonds is 6. The molecule has 2 saturated heterocycles. The van der Waals surface area contributed by atoms with Crippen molar-refractivity contribution < 1.29 is 0 Å². The van der Waals surface area contributed by atoms with Gasteiger partial charge in [-0.25, -0.2) is 0 Å². The first kappa shape index (κ1) is 23.4. The largest absolute Gasteiger partial charge is 0.326 e. The Morgan fingerprint density at radius 2 is 1.22 bits per heavy atom. The fourth-order valence-corrected chi connectivity index (χ4v) is 5.02. The van der Waals surface area contributed by atoms with E-state index in [1.54, 1.807) is 0 Å². The van der Waals surface area contributed by atoms with Crippen molar-refractivity contribution in [3.63, 3.8) is 0 Å². The van der Waals surface area contributed by atoms with Gasteiger partial charge in [0.25, 0.3) is 0 Å². The Labute approximate surface area is 194 Å². The van der Waals surface area contributed by atoms with Crippen LogP contribution in [-0.4, -0.2) is 86.1 Å². The molecular weight excluding hydrogens is 394 g/mol. The summed E-state index contributed by atoms with van der Waals surface area (Å²) < 4.78 is 0. The predicted molar refractivity (Wildman–Crippen MR) is 135 cm³/mol. The molecule has 0 radical (unpaired) electrons. The molecule has 2 aromatic carbocycles. The zero-order valence-corrected chi connectivity index (χ0v) is 20.1. The van der Waals surface area contributed by atoms with E-state index in [1.165, 1.54) is 73.4 Å². The van der Waals surface area contributed by atoms with Crippen LogP contribution in [0.4, 0.5) is 0 Å². The molecular formula is C27H41N5. The van der Waals surface area contributed by atoms with Crippen LogP contribution < -0.4 is 5.73 Å². The lowest BCUT2D eigenvalue weighted by atomic mass is 9.96. The molecule has 2 aromatic rings. The third-order valence-corrected chi connectivity index (χ3v) is 7.09. The molecule has 2 aliphatic heterocycles. The maximum absolute atomic E-state index is 6.18. The van der Waals surface area contributed by atoms with E-state index in [0.717, 1.165) is 32.7 Å². The molecule has 0 aromatic heterocycles. The van der Waals surface area contributed by atoms with Gasteiger partial charge in [0.2, 0.25) is 0 Å². The minimum absolute atomic E-state index is 0.578. The lowest BCUT2D eigenvalue weighted by Crippen LogP contribution is -2.28. The fraction of sp³-hybridized carbons (Fsp3) is 0.556. The van der Waals surface area contributed by atoms with Crippen molar-refractivity contribution in [1.29, 1.82) is 0 Å². The maximum atomic E-state index is 6.18. The van der Waals surface area contributed by atoms with Crippen molar-refractivity contribution in [2.24, 2.45) is 5.73 Å². The maximum Gasteiger partial charge on any atom is 0.0234 e. The van der Waals surface area contributed by atoms with Crippen LogP contribution in [0.1, 0.15) is 29.5 Å². The smallest absolute Gasteiger partial charge is 0.0234 e. The molecule has 5 heteroatoms. The van der Waals surface area contributed by atoms with E-state index in [2.05, 4.69) is 76.2 Å². The molecule has 0 aliphatic carbocycles. The molecule has 0 spiro atoms. The highest BCUT2D eigenvalue weighted by Gasteiger charge is 2.15. The summed E-state index contributed by atoms with van der Waals surface area (Å²) in [5.41, 5.74) is 12.7. The van der Waals surface area contributed by atoms with Crippen LogP contribution in [-0.2, 0) is 19.6 Å². The third kappa shape index (κ3) is 6.40. The average Bonchev–Trinajstić information content (AvgIpc) is 3.14. The first-order valence-electron chi connectivity index (χ1n) is 12.3. The summed E-state index contributed by atoms with van der Waals surface area (Å²) in [5, 5.41) is 0. The molecule has 2 aliphatic rings. The molecule has 174 valence electrons. The standard InChI is InChI=1S/C27H41N5/c1-29-11-3-13-31(17-15-29)21-23-5-8-25(9-6-23)27-10-7-24(19-26(27)20-28)22-32-14-4-12-30(2)16-18-32/h5-10,19H,3-4,11-18,20-22,28H2,1-2H3. The third-order valence-electron chi connectivity index (χ3n) is 7.09. The second-order valence-electron chi connectivity index (χ2n) is 9.76. The van der Waals surface area contributed by atoms with Gasteiger partial charge in [-0.15, -0.1) is 0 Å². The predicted octanol–water partition coefficient (Wildman–Crippen LogP) is 3.09. The first-order valence-corrected chi connectivity index (χ1v) is 12.3. The van der Waals surface area contributed by atoms with Gasteiger partial charge in [0.1, 0.15) is 0 Å². The van der Waals surface area contributed by atoms with Gasteiger partial charge in [0, 0.05) is 45.8 Å². The normalized spacial score (nSPS) is 20.2. The minimum atomic E-state index is 0.578. The van der Waals surface area contributed by atoms with Crippen molar-refractivity contribution in [2.45, 2.75) is 32.5 Å². The molecule has 0 amide bonds. The van der Waals surface area contributed by atoms with E-state index in [9.17, 15) is 0 Å². The number of hydrogen-bond donors (Lipinski definition) is 1. The van der Waals surface area contributed by atoms with Crippen molar-refractivity contribution in [3.8, 4) is 11.1 Å².